The first-order valence-electron chi connectivity index (χ1n) is 3.83. The molecule has 1 radical (unpaired) electrons. The largest absolute Gasteiger partial charge is 0.503 e. The maximum Gasteiger partial charge on any atom is 0.503 e. The zero-order valence-electron chi connectivity index (χ0n) is 7.72. The molecule has 0 unspecified atom stereocenters. The maximum atomic E-state index is 5.41. The second-order valence-corrected chi connectivity index (χ2v) is 4.78. The van der Waals surface area contributed by atoms with Crippen molar-refractivity contribution in [3.05, 3.63) is 6.04 Å². The van der Waals surface area contributed by atoms with Crippen molar-refractivity contribution in [2.24, 2.45) is 0 Å². The minimum atomic E-state index is -2.37. The summed E-state index contributed by atoms with van der Waals surface area (Å²) in [5, 5.41) is 0. The highest BCUT2D eigenvalue weighted by Crippen LogP contribution is 2.12. The number of hydrogen-bond donors (Lipinski definition) is 0. The zero-order valence-corrected chi connectivity index (χ0v) is 8.72. The minimum Gasteiger partial charge on any atom is -0.377 e. The van der Waals surface area contributed by atoms with E-state index in [0.717, 1.165) is 6.42 Å². The molecule has 0 saturated heterocycles. The number of rotatable bonds is 6. The maximum absolute atomic E-state index is 5.41. The van der Waals surface area contributed by atoms with Gasteiger partial charge in [-0.15, -0.1) is 0 Å². The van der Waals surface area contributed by atoms with E-state index in [4.69, 9.17) is 13.3 Å². The smallest absolute Gasteiger partial charge is 0.377 e. The molecule has 0 fully saturated rings. The Morgan fingerprint density at radius 1 is 1.18 bits per heavy atom. The molecule has 0 saturated carbocycles. The molecule has 0 spiro atoms. The van der Waals surface area contributed by atoms with Gasteiger partial charge in [0.15, 0.2) is 0 Å². The van der Waals surface area contributed by atoms with Crippen molar-refractivity contribution in [2.75, 3.05) is 20.8 Å². The monoisotopic (exact) mass is 177 g/mol. The molecule has 0 aliphatic heterocycles. The first-order valence-corrected chi connectivity index (χ1v) is 5.63. The second-order valence-electron chi connectivity index (χ2n) is 2.06. The van der Waals surface area contributed by atoms with Gasteiger partial charge >= 0.3 is 8.80 Å². The van der Waals surface area contributed by atoms with E-state index in [9.17, 15) is 0 Å². The quantitative estimate of drug-likeness (QED) is 0.574. The van der Waals surface area contributed by atoms with Crippen LogP contribution in [-0.2, 0) is 13.3 Å². The predicted molar refractivity (Wildman–Crippen MR) is 46.0 cm³/mol. The molecule has 0 atom stereocenters. The summed E-state index contributed by atoms with van der Waals surface area (Å²) in [6.45, 7) is 4.60. The Labute approximate surface area is 70.0 Å². The lowest BCUT2D eigenvalue weighted by molar-refractivity contribution is 0.112. The van der Waals surface area contributed by atoms with Crippen molar-refractivity contribution < 1.29 is 13.3 Å². The first-order chi connectivity index (χ1) is 5.24. The molecule has 0 bridgehead atoms. The summed E-state index contributed by atoms with van der Waals surface area (Å²) in [5.74, 6) is 0. The van der Waals surface area contributed by atoms with E-state index in [-0.39, 0.29) is 0 Å². The van der Waals surface area contributed by atoms with Crippen molar-refractivity contribution >= 4 is 8.80 Å². The fraction of sp³-hybridized carbons (Fsp3) is 0.857. The van der Waals surface area contributed by atoms with Gasteiger partial charge in [-0.3, -0.25) is 0 Å². The topological polar surface area (TPSA) is 27.7 Å². The Morgan fingerprint density at radius 3 is 2.00 bits per heavy atom. The molecule has 4 heteroatoms. The molecule has 11 heavy (non-hydrogen) atoms. The summed E-state index contributed by atoms with van der Waals surface area (Å²) in [6.07, 6.45) is 0.911. The Hall–Kier alpha value is 0.0969. The summed E-state index contributed by atoms with van der Waals surface area (Å²) >= 11 is 0. The van der Waals surface area contributed by atoms with Crippen LogP contribution in [0.3, 0.4) is 0 Å². The van der Waals surface area contributed by atoms with E-state index in [0.29, 0.717) is 6.61 Å². The van der Waals surface area contributed by atoms with E-state index < -0.39 is 8.80 Å². The molecule has 0 aliphatic carbocycles. The lowest BCUT2D eigenvalue weighted by Gasteiger charge is -2.24. The molecule has 67 valence electrons. The Balaban J connectivity index is 3.96. The van der Waals surface area contributed by atoms with Crippen molar-refractivity contribution in [2.45, 2.75) is 20.3 Å². The third kappa shape index (κ3) is 3.33. The molecular weight excluding hydrogens is 160 g/mol. The van der Waals surface area contributed by atoms with Crippen LogP contribution in [0.15, 0.2) is 0 Å². The molecule has 0 N–H and O–H groups in total. The van der Waals surface area contributed by atoms with Crippen molar-refractivity contribution in [1.29, 1.82) is 0 Å². The van der Waals surface area contributed by atoms with Gasteiger partial charge in [0.05, 0.1) is 0 Å². The van der Waals surface area contributed by atoms with Gasteiger partial charge in [0, 0.05) is 26.9 Å². The molecule has 3 nitrogen and oxygen atoms in total. The summed E-state index contributed by atoms with van der Waals surface area (Å²) in [4.78, 5) is 0. The van der Waals surface area contributed by atoms with Crippen LogP contribution in [-0.4, -0.2) is 29.6 Å². The van der Waals surface area contributed by atoms with Crippen molar-refractivity contribution in [3.63, 3.8) is 0 Å². The fourth-order valence-electron chi connectivity index (χ4n) is 0.878. The predicted octanol–water partition coefficient (Wildman–Crippen LogP) is 1.41. The highest BCUT2D eigenvalue weighted by atomic mass is 28.4. The van der Waals surface area contributed by atoms with Crippen LogP contribution >= 0.6 is 0 Å². The van der Waals surface area contributed by atoms with Crippen LogP contribution < -0.4 is 0 Å². The molecule has 0 heterocycles. The highest BCUT2D eigenvalue weighted by molar-refractivity contribution is 6.64. The van der Waals surface area contributed by atoms with Gasteiger partial charge in [-0.25, -0.2) is 0 Å². The summed E-state index contributed by atoms with van der Waals surface area (Å²) < 4.78 is 15.8. The van der Waals surface area contributed by atoms with E-state index in [1.54, 1.807) is 14.2 Å². The second kappa shape index (κ2) is 5.71. The molecular formula is C7H17O3Si. The van der Waals surface area contributed by atoms with Gasteiger partial charge in [-0.1, -0.05) is 6.92 Å². The van der Waals surface area contributed by atoms with Gasteiger partial charge in [-0.2, -0.15) is 0 Å². The van der Waals surface area contributed by atoms with Crippen LogP contribution in [0.4, 0.5) is 0 Å². The van der Waals surface area contributed by atoms with Crippen molar-refractivity contribution in [3.8, 4) is 0 Å². The Bertz CT molecular complexity index is 85.7. The van der Waals surface area contributed by atoms with E-state index in [1.165, 1.54) is 0 Å². The molecule has 0 aromatic heterocycles. The van der Waals surface area contributed by atoms with Gasteiger partial charge in [0.1, 0.15) is 0 Å². The van der Waals surface area contributed by atoms with E-state index in [1.807, 2.05) is 19.9 Å². The third-order valence-electron chi connectivity index (χ3n) is 1.37. The fourth-order valence-corrected chi connectivity index (χ4v) is 2.63. The first kappa shape index (κ1) is 11.1. The minimum absolute atomic E-state index is 0.629. The zero-order chi connectivity index (χ0) is 8.74. The van der Waals surface area contributed by atoms with E-state index >= 15 is 0 Å². The van der Waals surface area contributed by atoms with Crippen LogP contribution in [0, 0.1) is 6.04 Å². The molecule has 0 rings (SSSR count). The SMILES string of the molecule is CC[CH][Si](OC)(OC)OCC. The molecule has 0 aromatic rings. The molecule has 0 aromatic carbocycles. The van der Waals surface area contributed by atoms with Crippen LogP contribution in [0.25, 0.3) is 0 Å². The summed E-state index contributed by atoms with van der Waals surface area (Å²) in [6, 6.07) is 1.98. The van der Waals surface area contributed by atoms with Crippen molar-refractivity contribution in [1.82, 2.24) is 0 Å². The highest BCUT2D eigenvalue weighted by Gasteiger charge is 2.37. The van der Waals surface area contributed by atoms with Crippen LogP contribution in [0.2, 0.25) is 0 Å². The van der Waals surface area contributed by atoms with E-state index in [2.05, 4.69) is 0 Å². The normalized spacial score (nSPS) is 12.0. The average molecular weight is 177 g/mol. The molecule has 0 aliphatic rings. The van der Waals surface area contributed by atoms with Gasteiger partial charge in [0.25, 0.3) is 0 Å². The van der Waals surface area contributed by atoms with Gasteiger partial charge in [-0.05, 0) is 13.3 Å². The summed E-state index contributed by atoms with van der Waals surface area (Å²) in [5.41, 5.74) is 0. The lowest BCUT2D eigenvalue weighted by Crippen LogP contribution is -2.44. The Morgan fingerprint density at radius 2 is 1.73 bits per heavy atom. The number of hydrogen-bond acceptors (Lipinski definition) is 3. The van der Waals surface area contributed by atoms with Gasteiger partial charge in [0.2, 0.25) is 0 Å². The van der Waals surface area contributed by atoms with Crippen LogP contribution in [0.5, 0.6) is 0 Å². The standard InChI is InChI=1S/C7H17O3Si/c1-5-7-11(8-3,9-4)10-6-2/h7H,5-6H2,1-4H3. The third-order valence-corrected chi connectivity index (χ3v) is 4.11. The lowest BCUT2D eigenvalue weighted by atomic mass is 10.6. The summed E-state index contributed by atoms with van der Waals surface area (Å²) in [7, 11) is 0.877. The molecule has 0 amide bonds. The van der Waals surface area contributed by atoms with Gasteiger partial charge < -0.3 is 13.3 Å². The van der Waals surface area contributed by atoms with Crippen LogP contribution in [0.1, 0.15) is 20.3 Å². The Kier molecular flexibility index (Phi) is 5.76. The average Bonchev–Trinajstić information content (AvgIpc) is 2.04.